The Morgan fingerprint density at radius 1 is 0.975 bits per heavy atom. The van der Waals surface area contributed by atoms with Gasteiger partial charge in [-0.1, -0.05) is 50.6 Å². The molecule has 0 aliphatic heterocycles. The van der Waals surface area contributed by atoms with Crippen LogP contribution in [0.2, 0.25) is 0 Å². The van der Waals surface area contributed by atoms with Crippen LogP contribution in [0.15, 0.2) is 30.3 Å². The SMILES string of the molecule is CC[C@@H](C)C(NC(=O)C(CCC[C@H](NC=O)OCc1ccccc1)NC(=O)N[C@@H](CCCCN)C(=O)O)C(N)=O. The fourth-order valence-corrected chi connectivity index (χ4v) is 3.93. The number of nitrogens with two attached hydrogens (primary N) is 2. The molecular weight excluding hydrogens is 520 g/mol. The molecule has 1 aromatic rings. The summed E-state index contributed by atoms with van der Waals surface area (Å²) in [6, 6.07) is 5.30. The van der Waals surface area contributed by atoms with E-state index in [4.69, 9.17) is 16.2 Å². The quantitative estimate of drug-likeness (QED) is 0.0639. The van der Waals surface area contributed by atoms with Gasteiger partial charge in [0, 0.05) is 0 Å². The Bertz CT molecular complexity index is 933. The van der Waals surface area contributed by atoms with Crippen LogP contribution in [0.25, 0.3) is 0 Å². The van der Waals surface area contributed by atoms with E-state index < -0.39 is 48.2 Å². The summed E-state index contributed by atoms with van der Waals surface area (Å²) in [4.78, 5) is 60.5. The van der Waals surface area contributed by atoms with Gasteiger partial charge in [-0.3, -0.25) is 14.4 Å². The summed E-state index contributed by atoms with van der Waals surface area (Å²) >= 11 is 0. The topological polar surface area (TPSA) is 215 Å². The molecule has 0 radical (unpaired) electrons. The maximum absolute atomic E-state index is 13.2. The number of urea groups is 1. The molecule has 0 fully saturated rings. The van der Waals surface area contributed by atoms with Crippen molar-refractivity contribution < 1.29 is 33.8 Å². The maximum Gasteiger partial charge on any atom is 0.326 e. The molecule has 0 aliphatic carbocycles. The molecule has 13 nitrogen and oxygen atoms in total. The third-order valence-electron chi connectivity index (χ3n) is 6.50. The summed E-state index contributed by atoms with van der Waals surface area (Å²) in [6.07, 6.45) is 2.49. The highest BCUT2D eigenvalue weighted by molar-refractivity contribution is 5.92. The van der Waals surface area contributed by atoms with Crippen LogP contribution in [-0.2, 0) is 30.5 Å². The van der Waals surface area contributed by atoms with Crippen LogP contribution in [0.1, 0.15) is 64.4 Å². The lowest BCUT2D eigenvalue weighted by Crippen LogP contribution is -2.57. The second kappa shape index (κ2) is 19.4. The van der Waals surface area contributed by atoms with E-state index in [1.54, 1.807) is 6.92 Å². The van der Waals surface area contributed by atoms with Crippen molar-refractivity contribution in [3.63, 3.8) is 0 Å². The highest BCUT2D eigenvalue weighted by Crippen LogP contribution is 2.12. The summed E-state index contributed by atoms with van der Waals surface area (Å²) in [5, 5.41) is 19.6. The van der Waals surface area contributed by atoms with Crippen molar-refractivity contribution in [3.05, 3.63) is 35.9 Å². The van der Waals surface area contributed by atoms with Crippen molar-refractivity contribution in [3.8, 4) is 0 Å². The minimum Gasteiger partial charge on any atom is -0.480 e. The van der Waals surface area contributed by atoms with Crippen molar-refractivity contribution in [2.75, 3.05) is 6.54 Å². The summed E-state index contributed by atoms with van der Waals surface area (Å²) in [5.41, 5.74) is 11.9. The number of hydrogen-bond donors (Lipinski definition) is 7. The number of ether oxygens (including phenoxy) is 1. The molecule has 0 saturated carbocycles. The number of nitrogens with one attached hydrogen (secondary N) is 4. The molecule has 40 heavy (non-hydrogen) atoms. The number of benzene rings is 1. The van der Waals surface area contributed by atoms with Crippen molar-refractivity contribution >= 4 is 30.2 Å². The maximum atomic E-state index is 13.2. The van der Waals surface area contributed by atoms with E-state index in [1.807, 2.05) is 37.3 Å². The Morgan fingerprint density at radius 3 is 2.20 bits per heavy atom. The minimum absolute atomic E-state index is 0.113. The molecular formula is C27H44N6O7. The molecule has 224 valence electrons. The zero-order valence-electron chi connectivity index (χ0n) is 23.3. The highest BCUT2D eigenvalue weighted by Gasteiger charge is 2.29. The molecule has 0 aromatic heterocycles. The number of carboxylic acids is 1. The molecule has 0 spiro atoms. The van der Waals surface area contributed by atoms with Gasteiger partial charge >= 0.3 is 12.0 Å². The first kappa shape index (κ1) is 34.3. The lowest BCUT2D eigenvalue weighted by molar-refractivity contribution is -0.139. The van der Waals surface area contributed by atoms with Crippen molar-refractivity contribution in [2.24, 2.45) is 17.4 Å². The van der Waals surface area contributed by atoms with E-state index in [0.29, 0.717) is 45.1 Å². The lowest BCUT2D eigenvalue weighted by atomic mass is 9.97. The third kappa shape index (κ3) is 13.4. The van der Waals surface area contributed by atoms with Crippen molar-refractivity contribution in [1.82, 2.24) is 21.3 Å². The molecule has 1 aromatic carbocycles. The van der Waals surface area contributed by atoms with Gasteiger partial charge in [-0.25, -0.2) is 9.59 Å². The van der Waals surface area contributed by atoms with E-state index in [1.165, 1.54) is 0 Å². The summed E-state index contributed by atoms with van der Waals surface area (Å²) in [5.74, 6) is -2.81. The molecule has 13 heteroatoms. The molecule has 5 amide bonds. The van der Waals surface area contributed by atoms with Gasteiger partial charge < -0.3 is 42.6 Å². The van der Waals surface area contributed by atoms with Crippen LogP contribution in [0.4, 0.5) is 4.79 Å². The Kier molecular flexibility index (Phi) is 16.6. The standard InChI is InChI=1S/C27H44N6O7/c1-3-18(2)23(24(29)35)33-25(36)20(31-27(39)32-21(26(37)38)12-7-8-15-28)13-9-14-22(30-17-34)40-16-19-10-5-4-6-11-19/h4-6,10-11,17-18,20-23H,3,7-9,12-16,28H2,1-2H3,(H2,29,35)(H,30,34)(H,33,36)(H,37,38)(H2,31,32,39)/t18-,20?,21+,22-,23?/m1/s1. The average molecular weight is 565 g/mol. The van der Waals surface area contributed by atoms with E-state index in [-0.39, 0.29) is 25.4 Å². The van der Waals surface area contributed by atoms with Crippen LogP contribution in [0.5, 0.6) is 0 Å². The first-order valence-corrected chi connectivity index (χ1v) is 13.6. The van der Waals surface area contributed by atoms with Crippen LogP contribution in [0.3, 0.4) is 0 Å². The molecule has 5 atom stereocenters. The van der Waals surface area contributed by atoms with Crippen LogP contribution in [-0.4, -0.2) is 66.2 Å². The van der Waals surface area contributed by atoms with E-state index >= 15 is 0 Å². The number of aliphatic carboxylic acids is 1. The zero-order valence-corrected chi connectivity index (χ0v) is 23.3. The fraction of sp³-hybridized carbons (Fsp3) is 0.593. The van der Waals surface area contributed by atoms with Gasteiger partial charge in [-0.2, -0.15) is 0 Å². The van der Waals surface area contributed by atoms with Gasteiger partial charge in [0.15, 0.2) is 0 Å². The molecule has 0 heterocycles. The predicted octanol–water partition coefficient (Wildman–Crippen LogP) is 0.712. The first-order chi connectivity index (χ1) is 19.1. The Morgan fingerprint density at radius 2 is 1.62 bits per heavy atom. The number of carboxylic acid groups (broad SMARTS) is 1. The van der Waals surface area contributed by atoms with Gasteiger partial charge in [0.05, 0.1) is 6.61 Å². The smallest absolute Gasteiger partial charge is 0.326 e. The Labute approximate surface area is 235 Å². The van der Waals surface area contributed by atoms with E-state index in [9.17, 15) is 29.1 Å². The normalized spacial score (nSPS) is 14.6. The number of rotatable bonds is 21. The second-order valence-corrected chi connectivity index (χ2v) is 9.62. The highest BCUT2D eigenvalue weighted by atomic mass is 16.5. The van der Waals surface area contributed by atoms with Crippen LogP contribution >= 0.6 is 0 Å². The van der Waals surface area contributed by atoms with Crippen molar-refractivity contribution in [2.45, 2.75) is 89.8 Å². The van der Waals surface area contributed by atoms with Crippen LogP contribution in [0, 0.1) is 5.92 Å². The van der Waals surface area contributed by atoms with Gasteiger partial charge in [-0.05, 0) is 56.6 Å². The summed E-state index contributed by atoms with van der Waals surface area (Å²) < 4.78 is 5.78. The van der Waals surface area contributed by atoms with Gasteiger partial charge in [0.2, 0.25) is 18.2 Å². The van der Waals surface area contributed by atoms with Crippen LogP contribution < -0.4 is 32.7 Å². The Balaban J connectivity index is 2.91. The number of unbranched alkanes of at least 4 members (excludes halogenated alkanes) is 1. The number of primary amides is 1. The molecule has 9 N–H and O–H groups in total. The minimum atomic E-state index is -1.21. The fourth-order valence-electron chi connectivity index (χ4n) is 3.93. The second-order valence-electron chi connectivity index (χ2n) is 9.62. The molecule has 1 rings (SSSR count). The van der Waals surface area contributed by atoms with Gasteiger partial charge in [0.1, 0.15) is 24.4 Å². The number of carbonyl (C=O) groups excluding carboxylic acids is 4. The average Bonchev–Trinajstić information content (AvgIpc) is 2.93. The molecule has 2 unspecified atom stereocenters. The van der Waals surface area contributed by atoms with Crippen molar-refractivity contribution in [1.29, 1.82) is 0 Å². The molecule has 0 saturated heterocycles. The third-order valence-corrected chi connectivity index (χ3v) is 6.50. The van der Waals surface area contributed by atoms with Gasteiger partial charge in [-0.15, -0.1) is 0 Å². The number of carbonyl (C=O) groups is 5. The monoisotopic (exact) mass is 564 g/mol. The predicted molar refractivity (Wildman–Crippen MR) is 148 cm³/mol. The first-order valence-electron chi connectivity index (χ1n) is 13.6. The molecule has 0 bridgehead atoms. The molecule has 0 aliphatic rings. The number of hydrogen-bond acceptors (Lipinski definition) is 7. The number of amides is 5. The summed E-state index contributed by atoms with van der Waals surface area (Å²) in [7, 11) is 0. The zero-order chi connectivity index (χ0) is 29.9. The van der Waals surface area contributed by atoms with Gasteiger partial charge in [0.25, 0.3) is 0 Å². The van der Waals surface area contributed by atoms with E-state index in [2.05, 4.69) is 21.3 Å². The summed E-state index contributed by atoms with van der Waals surface area (Å²) in [6.45, 7) is 4.27. The largest absolute Gasteiger partial charge is 0.480 e. The lowest BCUT2D eigenvalue weighted by Gasteiger charge is -2.26. The Hall–Kier alpha value is -3.71. The van der Waals surface area contributed by atoms with E-state index in [0.717, 1.165) is 5.56 Å².